The van der Waals surface area contributed by atoms with Crippen LogP contribution in [0.2, 0.25) is 0 Å². The van der Waals surface area contributed by atoms with Gasteiger partial charge in [0.15, 0.2) is 11.5 Å². The molecule has 19 heavy (non-hydrogen) atoms. The molecule has 11 heteroatoms. The molecule has 0 atom stereocenters. The molecule has 0 aliphatic carbocycles. The summed E-state index contributed by atoms with van der Waals surface area (Å²) >= 11 is 0. The summed E-state index contributed by atoms with van der Waals surface area (Å²) in [7, 11) is 1.68. The minimum Gasteiger partial charge on any atom is -0.493 e. The van der Waals surface area contributed by atoms with Gasteiger partial charge < -0.3 is 9.47 Å². The third-order valence-corrected chi connectivity index (χ3v) is 2.41. The van der Waals surface area contributed by atoms with Crippen molar-refractivity contribution in [2.45, 2.75) is 0 Å². The Morgan fingerprint density at radius 1 is 1.42 bits per heavy atom. The van der Waals surface area contributed by atoms with E-state index >= 15 is 0 Å². The van der Waals surface area contributed by atoms with Gasteiger partial charge in [-0.15, -0.1) is 0 Å². The highest BCUT2D eigenvalue weighted by molar-refractivity contribution is 8.12. The molecule has 1 rings (SSSR count). The lowest BCUT2D eigenvalue weighted by Gasteiger charge is -2.08. The minimum absolute atomic E-state index is 0.115. The van der Waals surface area contributed by atoms with Crippen LogP contribution < -0.4 is 14.2 Å². The summed E-state index contributed by atoms with van der Waals surface area (Å²) < 4.78 is 31.8. The van der Waals surface area contributed by atoms with Crippen LogP contribution in [-0.4, -0.2) is 26.5 Å². The van der Waals surface area contributed by atoms with Crippen molar-refractivity contribution in [2.24, 2.45) is 0 Å². The molecule has 1 amide bonds. The van der Waals surface area contributed by atoms with Crippen molar-refractivity contribution in [2.75, 3.05) is 7.11 Å². The number of carbonyl (C=O) groups excluding carboxylic acids is 1. The minimum atomic E-state index is -4.29. The Morgan fingerprint density at radius 3 is 2.53 bits per heavy atom. The number of hydrogen-bond acceptors (Lipinski definition) is 7. The molecule has 0 saturated heterocycles. The van der Waals surface area contributed by atoms with Crippen LogP contribution in [0, 0.1) is 10.1 Å². The largest absolute Gasteiger partial charge is 0.493 e. The van der Waals surface area contributed by atoms with Crippen molar-refractivity contribution in [3.8, 4) is 11.5 Å². The smallest absolute Gasteiger partial charge is 0.427 e. The van der Waals surface area contributed by atoms with Crippen molar-refractivity contribution in [1.29, 1.82) is 0 Å². The molecule has 0 bridgehead atoms. The van der Waals surface area contributed by atoms with Gasteiger partial charge >= 0.3 is 15.3 Å². The molecular weight excluding hydrogens is 304 g/mol. The van der Waals surface area contributed by atoms with Crippen LogP contribution in [0.4, 0.5) is 10.5 Å². The molecule has 9 nitrogen and oxygen atoms in total. The molecule has 0 aliphatic heterocycles. The number of benzene rings is 1. The molecule has 1 aromatic carbocycles. The second-order valence-electron chi connectivity index (χ2n) is 3.02. The highest BCUT2D eigenvalue weighted by Gasteiger charge is 2.17. The average Bonchev–Trinajstić information content (AvgIpc) is 2.26. The van der Waals surface area contributed by atoms with Crippen LogP contribution in [0.3, 0.4) is 0 Å². The fourth-order valence-corrected chi connectivity index (χ4v) is 1.50. The molecule has 1 N–H and O–H groups in total. The van der Waals surface area contributed by atoms with Gasteiger partial charge in [0.1, 0.15) is 0 Å². The van der Waals surface area contributed by atoms with E-state index in [0.29, 0.717) is 0 Å². The first kappa shape index (κ1) is 15.0. The number of rotatable bonds is 4. The summed E-state index contributed by atoms with van der Waals surface area (Å²) in [5, 5.41) is 10.5. The number of halogens is 1. The first-order valence-electron chi connectivity index (χ1n) is 4.49. The Hall–Kier alpha value is -2.07. The van der Waals surface area contributed by atoms with E-state index in [2.05, 4.69) is 4.74 Å². The predicted molar refractivity (Wildman–Crippen MR) is 63.6 cm³/mol. The third-order valence-electron chi connectivity index (χ3n) is 1.77. The summed E-state index contributed by atoms with van der Waals surface area (Å²) in [5.41, 5.74) is -0.283. The number of nitro groups is 1. The number of hydrogen-bond donors (Lipinski definition) is 1. The lowest BCUT2D eigenvalue weighted by molar-refractivity contribution is -0.384. The van der Waals surface area contributed by atoms with Gasteiger partial charge in [-0.25, -0.2) is 9.52 Å². The summed E-state index contributed by atoms with van der Waals surface area (Å²) in [5.74, 6) is -0.317. The van der Waals surface area contributed by atoms with Crippen molar-refractivity contribution >= 4 is 31.7 Å². The third kappa shape index (κ3) is 4.60. The normalized spacial score (nSPS) is 10.6. The van der Waals surface area contributed by atoms with Gasteiger partial charge in [-0.3, -0.25) is 10.1 Å². The van der Waals surface area contributed by atoms with Crippen LogP contribution in [0.5, 0.6) is 11.5 Å². The Bertz CT molecular complexity index is 616. The van der Waals surface area contributed by atoms with Crippen LogP contribution in [0.15, 0.2) is 18.2 Å². The van der Waals surface area contributed by atoms with Crippen molar-refractivity contribution in [1.82, 2.24) is 4.72 Å². The van der Waals surface area contributed by atoms with E-state index in [1.54, 1.807) is 0 Å². The predicted octanol–water partition coefficient (Wildman–Crippen LogP) is 1.18. The van der Waals surface area contributed by atoms with Crippen LogP contribution in [0.1, 0.15) is 0 Å². The maximum atomic E-state index is 11.1. The summed E-state index contributed by atoms with van der Waals surface area (Å²) in [6.45, 7) is 0. The number of nitro benzene ring substituents is 1. The first-order chi connectivity index (χ1) is 8.73. The Labute approximate surface area is 111 Å². The zero-order chi connectivity index (χ0) is 14.6. The molecule has 0 aromatic heterocycles. The quantitative estimate of drug-likeness (QED) is 0.502. The number of ether oxygens (including phenoxy) is 2. The molecule has 0 fully saturated rings. The molecule has 0 spiro atoms. The zero-order valence-corrected chi connectivity index (χ0v) is 10.9. The Morgan fingerprint density at radius 2 is 2.05 bits per heavy atom. The lowest BCUT2D eigenvalue weighted by atomic mass is 10.3. The van der Waals surface area contributed by atoms with E-state index in [0.717, 1.165) is 18.2 Å². The molecule has 0 aliphatic rings. The number of amides is 1. The molecular formula is C8H7ClN2O7S. The van der Waals surface area contributed by atoms with Gasteiger partial charge in [-0.05, 0) is 6.07 Å². The summed E-state index contributed by atoms with van der Waals surface area (Å²) in [6, 6.07) is 3.15. The van der Waals surface area contributed by atoms with E-state index in [-0.39, 0.29) is 17.2 Å². The molecule has 104 valence electrons. The summed E-state index contributed by atoms with van der Waals surface area (Å²) in [6.07, 6.45) is -1.37. The van der Waals surface area contributed by atoms with Crippen molar-refractivity contribution in [3.63, 3.8) is 0 Å². The molecule has 0 heterocycles. The molecule has 0 unspecified atom stereocenters. The second kappa shape index (κ2) is 5.71. The van der Waals surface area contributed by atoms with Gasteiger partial charge in [-0.2, -0.15) is 8.42 Å². The monoisotopic (exact) mass is 310 g/mol. The Balaban J connectivity index is 2.95. The number of nitrogens with zero attached hydrogens (tertiary/aromatic N) is 1. The standard InChI is InChI=1S/C8H7ClN2O7S/c1-17-7-4-5(11(13)14)2-3-6(7)18-8(12)10-19(9,15)16/h2-4H,1H3,(H,10,12). The van der Waals surface area contributed by atoms with Crippen LogP contribution >= 0.6 is 10.7 Å². The van der Waals surface area contributed by atoms with Crippen molar-refractivity contribution in [3.05, 3.63) is 28.3 Å². The second-order valence-corrected chi connectivity index (χ2v) is 5.32. The van der Waals surface area contributed by atoms with Gasteiger partial charge in [0.05, 0.1) is 18.1 Å². The van der Waals surface area contributed by atoms with Crippen molar-refractivity contribution < 1.29 is 27.6 Å². The van der Waals surface area contributed by atoms with Gasteiger partial charge in [-0.1, -0.05) is 0 Å². The number of carbonyl (C=O) groups is 1. The summed E-state index contributed by atoms with van der Waals surface area (Å²) in [4.78, 5) is 21.0. The highest BCUT2D eigenvalue weighted by Crippen LogP contribution is 2.31. The maximum absolute atomic E-state index is 11.1. The first-order valence-corrected chi connectivity index (χ1v) is 6.80. The average molecular weight is 311 g/mol. The SMILES string of the molecule is COc1cc([N+](=O)[O-])ccc1OC(=O)NS(=O)(=O)Cl. The zero-order valence-electron chi connectivity index (χ0n) is 9.32. The number of methoxy groups -OCH3 is 1. The van der Waals surface area contributed by atoms with E-state index < -0.39 is 20.3 Å². The van der Waals surface area contributed by atoms with E-state index in [9.17, 15) is 23.3 Å². The maximum Gasteiger partial charge on any atom is 0.427 e. The van der Waals surface area contributed by atoms with Gasteiger partial charge in [0, 0.05) is 16.7 Å². The number of nitrogens with one attached hydrogen (secondary N) is 1. The van der Waals surface area contributed by atoms with E-state index in [4.69, 9.17) is 15.4 Å². The molecule has 1 aromatic rings. The van der Waals surface area contributed by atoms with Crippen LogP contribution in [-0.2, 0) is 9.24 Å². The fraction of sp³-hybridized carbons (Fsp3) is 0.125. The Kier molecular flexibility index (Phi) is 4.51. The highest BCUT2D eigenvalue weighted by atomic mass is 35.7. The van der Waals surface area contributed by atoms with Gasteiger partial charge in [0.25, 0.3) is 5.69 Å². The fourth-order valence-electron chi connectivity index (χ4n) is 1.07. The van der Waals surface area contributed by atoms with E-state index in [1.807, 2.05) is 0 Å². The van der Waals surface area contributed by atoms with E-state index in [1.165, 1.54) is 11.8 Å². The lowest BCUT2D eigenvalue weighted by Crippen LogP contribution is -2.29. The van der Waals surface area contributed by atoms with Crippen LogP contribution in [0.25, 0.3) is 0 Å². The topological polar surface area (TPSA) is 125 Å². The molecule has 0 saturated carbocycles. The number of non-ortho nitro benzene ring substituents is 1. The molecule has 0 radical (unpaired) electrons. The van der Waals surface area contributed by atoms with Gasteiger partial charge in [0.2, 0.25) is 0 Å².